The Morgan fingerprint density at radius 2 is 2.24 bits per heavy atom. The predicted molar refractivity (Wildman–Crippen MR) is 82.9 cm³/mol. The molecule has 4 nitrogen and oxygen atoms in total. The van der Waals surface area contributed by atoms with Crippen molar-refractivity contribution in [2.24, 2.45) is 5.92 Å². The first-order chi connectivity index (χ1) is 10.2. The van der Waals surface area contributed by atoms with Gasteiger partial charge in [0.1, 0.15) is 0 Å². The van der Waals surface area contributed by atoms with Crippen molar-refractivity contribution in [2.45, 2.75) is 25.7 Å². The smallest absolute Gasteiger partial charge is 0.226 e. The van der Waals surface area contributed by atoms with E-state index in [0.717, 1.165) is 25.1 Å². The van der Waals surface area contributed by atoms with Crippen LogP contribution < -0.4 is 5.32 Å². The highest BCUT2D eigenvalue weighted by atomic mass is 35.5. The Labute approximate surface area is 133 Å². The number of piperidine rings is 1. The summed E-state index contributed by atoms with van der Waals surface area (Å²) in [5.74, 6) is 1.97. The lowest BCUT2D eigenvalue weighted by Gasteiger charge is -2.20. The van der Waals surface area contributed by atoms with Gasteiger partial charge in [0.25, 0.3) is 0 Å². The zero-order valence-electron chi connectivity index (χ0n) is 11.6. The monoisotopic (exact) mass is 325 g/mol. The fourth-order valence-corrected chi connectivity index (χ4v) is 3.10. The summed E-state index contributed by atoms with van der Waals surface area (Å²) in [5, 5.41) is 8.69. The number of aromatic nitrogens is 2. The molecule has 0 saturated carbocycles. The maximum atomic E-state index is 6.16. The Bertz CT molecular complexity index is 609. The largest absolute Gasteiger partial charge is 0.339 e. The number of rotatable bonds is 4. The van der Waals surface area contributed by atoms with Crippen molar-refractivity contribution < 1.29 is 4.52 Å². The number of nitrogens with zero attached hydrogens (tertiary/aromatic N) is 2. The Morgan fingerprint density at radius 3 is 3.00 bits per heavy atom. The molecule has 6 heteroatoms. The average molecular weight is 326 g/mol. The molecular formula is C15H17Cl2N3O. The fourth-order valence-electron chi connectivity index (χ4n) is 2.63. The Morgan fingerprint density at radius 1 is 1.33 bits per heavy atom. The number of hydrogen-bond acceptors (Lipinski definition) is 4. The second kappa shape index (κ2) is 6.77. The minimum absolute atomic E-state index is 0.558. The normalized spacial score (nSPS) is 18.9. The van der Waals surface area contributed by atoms with Crippen molar-refractivity contribution in [1.29, 1.82) is 0 Å². The van der Waals surface area contributed by atoms with Crippen LogP contribution >= 0.6 is 23.2 Å². The van der Waals surface area contributed by atoms with Crippen molar-refractivity contribution in [3.63, 3.8) is 0 Å². The highest BCUT2D eigenvalue weighted by Gasteiger charge is 2.17. The number of nitrogens with one attached hydrogen (secondary N) is 1. The summed E-state index contributed by atoms with van der Waals surface area (Å²) in [6.45, 7) is 2.14. The molecule has 0 amide bonds. The highest BCUT2D eigenvalue weighted by Crippen LogP contribution is 2.23. The molecule has 0 aliphatic carbocycles. The molecule has 112 valence electrons. The van der Waals surface area contributed by atoms with E-state index in [1.165, 1.54) is 12.8 Å². The summed E-state index contributed by atoms with van der Waals surface area (Å²) in [7, 11) is 0. The lowest BCUT2D eigenvalue weighted by Crippen LogP contribution is -2.30. The first kappa shape index (κ1) is 14.8. The van der Waals surface area contributed by atoms with Crippen molar-refractivity contribution in [3.05, 3.63) is 45.5 Å². The lowest BCUT2D eigenvalue weighted by atomic mass is 9.96. The molecule has 1 saturated heterocycles. The first-order valence-electron chi connectivity index (χ1n) is 7.17. The van der Waals surface area contributed by atoms with E-state index in [2.05, 4.69) is 15.5 Å². The van der Waals surface area contributed by atoms with Gasteiger partial charge in [0.2, 0.25) is 5.89 Å². The van der Waals surface area contributed by atoms with Crippen LogP contribution in [0.3, 0.4) is 0 Å². The second-order valence-corrected chi connectivity index (χ2v) is 6.28. The van der Waals surface area contributed by atoms with Crippen LogP contribution in [-0.4, -0.2) is 23.2 Å². The van der Waals surface area contributed by atoms with E-state index in [4.69, 9.17) is 27.7 Å². The maximum Gasteiger partial charge on any atom is 0.226 e. The number of halogens is 2. The predicted octanol–water partition coefficient (Wildman–Crippen LogP) is 3.51. The van der Waals surface area contributed by atoms with Crippen molar-refractivity contribution in [3.8, 4) is 0 Å². The standard InChI is InChI=1S/C15H17Cl2N3O/c16-12-4-3-11(13(17)8-12)7-14-19-15(21-20-14)6-10-2-1-5-18-9-10/h3-4,8,10,18H,1-2,5-7,9H2. The van der Waals surface area contributed by atoms with E-state index in [9.17, 15) is 0 Å². The Kier molecular flexibility index (Phi) is 4.78. The molecule has 0 spiro atoms. The van der Waals surface area contributed by atoms with Gasteiger partial charge in [-0.1, -0.05) is 34.4 Å². The molecule has 2 heterocycles. The van der Waals surface area contributed by atoms with E-state index in [-0.39, 0.29) is 0 Å². The third-order valence-corrected chi connectivity index (χ3v) is 4.32. The topological polar surface area (TPSA) is 51.0 Å². The molecule has 3 rings (SSSR count). The van der Waals surface area contributed by atoms with Crippen LogP contribution in [0.2, 0.25) is 10.0 Å². The van der Waals surface area contributed by atoms with Gasteiger partial charge < -0.3 is 9.84 Å². The van der Waals surface area contributed by atoms with E-state index in [1.54, 1.807) is 6.07 Å². The second-order valence-electron chi connectivity index (χ2n) is 5.43. The van der Waals surface area contributed by atoms with Gasteiger partial charge in [0.15, 0.2) is 5.82 Å². The molecule has 0 bridgehead atoms. The van der Waals surface area contributed by atoms with Gasteiger partial charge in [0.05, 0.1) is 0 Å². The molecule has 2 aromatic rings. The van der Waals surface area contributed by atoms with Gasteiger partial charge in [-0.15, -0.1) is 0 Å². The molecular weight excluding hydrogens is 309 g/mol. The SMILES string of the molecule is Clc1ccc(Cc2noc(CC3CCCNC3)n2)c(Cl)c1. The number of benzene rings is 1. The summed E-state index contributed by atoms with van der Waals surface area (Å²) in [6, 6.07) is 5.44. The third-order valence-electron chi connectivity index (χ3n) is 3.74. The van der Waals surface area contributed by atoms with Gasteiger partial charge in [0, 0.05) is 22.9 Å². The van der Waals surface area contributed by atoms with Crippen LogP contribution in [0.15, 0.2) is 22.7 Å². The molecule has 1 aliphatic rings. The Balaban J connectivity index is 1.64. The van der Waals surface area contributed by atoms with Gasteiger partial charge in [-0.2, -0.15) is 4.98 Å². The molecule has 1 aromatic carbocycles. The number of hydrogen-bond donors (Lipinski definition) is 1. The van der Waals surface area contributed by atoms with Crippen LogP contribution in [0, 0.1) is 5.92 Å². The summed E-state index contributed by atoms with van der Waals surface area (Å²) < 4.78 is 5.35. The molecule has 1 aromatic heterocycles. The minimum Gasteiger partial charge on any atom is -0.339 e. The van der Waals surface area contributed by atoms with Crippen LogP contribution in [0.25, 0.3) is 0 Å². The van der Waals surface area contributed by atoms with Crippen LogP contribution in [0.1, 0.15) is 30.1 Å². The molecule has 1 fully saturated rings. The van der Waals surface area contributed by atoms with Crippen molar-refractivity contribution in [2.75, 3.05) is 13.1 Å². The molecule has 1 atom stereocenters. The molecule has 21 heavy (non-hydrogen) atoms. The zero-order valence-corrected chi connectivity index (χ0v) is 13.1. The molecule has 1 unspecified atom stereocenters. The van der Waals surface area contributed by atoms with E-state index < -0.39 is 0 Å². The quantitative estimate of drug-likeness (QED) is 0.934. The van der Waals surface area contributed by atoms with E-state index in [0.29, 0.717) is 34.1 Å². The third kappa shape index (κ3) is 3.96. The molecule has 0 radical (unpaired) electrons. The summed E-state index contributed by atoms with van der Waals surface area (Å²) in [6.07, 6.45) is 3.83. The van der Waals surface area contributed by atoms with E-state index in [1.807, 2.05) is 12.1 Å². The highest BCUT2D eigenvalue weighted by molar-refractivity contribution is 6.35. The first-order valence-corrected chi connectivity index (χ1v) is 7.92. The molecule has 1 N–H and O–H groups in total. The van der Waals surface area contributed by atoms with Crippen LogP contribution in [-0.2, 0) is 12.8 Å². The summed E-state index contributed by atoms with van der Waals surface area (Å²) in [4.78, 5) is 4.47. The maximum absolute atomic E-state index is 6.16. The summed E-state index contributed by atoms with van der Waals surface area (Å²) in [5.41, 5.74) is 0.952. The average Bonchev–Trinajstić information content (AvgIpc) is 2.90. The van der Waals surface area contributed by atoms with Crippen LogP contribution in [0.4, 0.5) is 0 Å². The lowest BCUT2D eigenvalue weighted by molar-refractivity contribution is 0.314. The van der Waals surface area contributed by atoms with Crippen molar-refractivity contribution >= 4 is 23.2 Å². The van der Waals surface area contributed by atoms with Crippen LogP contribution in [0.5, 0.6) is 0 Å². The Hall–Kier alpha value is -1.10. The summed E-state index contributed by atoms with van der Waals surface area (Å²) >= 11 is 12.1. The van der Waals surface area contributed by atoms with Crippen molar-refractivity contribution in [1.82, 2.24) is 15.5 Å². The zero-order chi connectivity index (χ0) is 14.7. The van der Waals surface area contributed by atoms with Gasteiger partial charge in [-0.3, -0.25) is 0 Å². The minimum atomic E-state index is 0.558. The van der Waals surface area contributed by atoms with E-state index >= 15 is 0 Å². The van der Waals surface area contributed by atoms with Gasteiger partial charge in [-0.05, 0) is 49.5 Å². The van der Waals surface area contributed by atoms with Gasteiger partial charge in [-0.25, -0.2) is 0 Å². The fraction of sp³-hybridized carbons (Fsp3) is 0.467. The molecule has 1 aliphatic heterocycles. The van der Waals surface area contributed by atoms with Gasteiger partial charge >= 0.3 is 0 Å².